The Morgan fingerprint density at radius 3 is 2.34 bits per heavy atom. The standard InChI is InChI=1S/C28H24N4O4S2/c1-34-23-13-7-8-14-24(23)36-16-15-35-22-12-6-5-11-20(22)17-21-25(29)32-27(30-26(21)33)38-31-28(32)37-18-19-9-3-2-4-10-19/h2-14,17,29H,15-16,18H2,1H3/b21-17-,29-25?. The largest absolute Gasteiger partial charge is 0.493 e. The lowest BCUT2D eigenvalue weighted by atomic mass is 10.1. The zero-order valence-corrected chi connectivity index (χ0v) is 22.1. The molecule has 3 aromatic carbocycles. The van der Waals surface area contributed by atoms with Crippen molar-refractivity contribution < 1.29 is 19.0 Å². The Hall–Kier alpha value is -4.02. The number of aliphatic imine (C=N–C) groups is 1. The number of amidine groups is 3. The molecule has 192 valence electrons. The van der Waals surface area contributed by atoms with E-state index in [-0.39, 0.29) is 18.0 Å². The summed E-state index contributed by atoms with van der Waals surface area (Å²) in [6.45, 7) is 0.582. The Morgan fingerprint density at radius 1 is 0.921 bits per heavy atom. The molecule has 0 saturated heterocycles. The van der Waals surface area contributed by atoms with E-state index in [2.05, 4.69) is 9.39 Å². The van der Waals surface area contributed by atoms with Crippen LogP contribution in [0.3, 0.4) is 0 Å². The second-order valence-electron chi connectivity index (χ2n) is 8.07. The van der Waals surface area contributed by atoms with Crippen LogP contribution in [0, 0.1) is 5.41 Å². The zero-order valence-electron chi connectivity index (χ0n) is 20.5. The zero-order chi connectivity index (χ0) is 26.3. The van der Waals surface area contributed by atoms with Crippen LogP contribution in [-0.4, -0.2) is 47.3 Å². The summed E-state index contributed by atoms with van der Waals surface area (Å²) in [7, 11) is 1.59. The Balaban J connectivity index is 1.27. The summed E-state index contributed by atoms with van der Waals surface area (Å²) >= 11 is 2.61. The van der Waals surface area contributed by atoms with E-state index in [0.29, 0.717) is 45.5 Å². The molecule has 2 heterocycles. The summed E-state index contributed by atoms with van der Waals surface area (Å²) < 4.78 is 21.5. The van der Waals surface area contributed by atoms with Crippen LogP contribution in [0.1, 0.15) is 11.1 Å². The molecule has 0 aromatic heterocycles. The molecule has 0 atom stereocenters. The van der Waals surface area contributed by atoms with Gasteiger partial charge in [-0.05, 0) is 29.8 Å². The van der Waals surface area contributed by atoms with Gasteiger partial charge >= 0.3 is 0 Å². The minimum atomic E-state index is -0.479. The average Bonchev–Trinajstić information content (AvgIpc) is 3.36. The van der Waals surface area contributed by atoms with Crippen molar-refractivity contribution in [3.05, 3.63) is 95.6 Å². The molecule has 10 heteroatoms. The van der Waals surface area contributed by atoms with Gasteiger partial charge in [0.05, 0.1) is 24.6 Å². The number of nitrogens with zero attached hydrogens (tertiary/aromatic N) is 3. The van der Waals surface area contributed by atoms with E-state index in [1.165, 1.54) is 11.8 Å². The van der Waals surface area contributed by atoms with Crippen LogP contribution < -0.4 is 14.2 Å². The predicted octanol–water partition coefficient (Wildman–Crippen LogP) is 5.66. The summed E-state index contributed by atoms with van der Waals surface area (Å²) in [5, 5.41) is 9.83. The lowest BCUT2D eigenvalue weighted by Gasteiger charge is -2.24. The number of rotatable bonds is 9. The lowest BCUT2D eigenvalue weighted by Crippen LogP contribution is -2.41. The van der Waals surface area contributed by atoms with E-state index in [0.717, 1.165) is 17.5 Å². The fraction of sp³-hybridized carbons (Fsp3) is 0.143. The van der Waals surface area contributed by atoms with Gasteiger partial charge in [-0.3, -0.25) is 10.2 Å². The van der Waals surface area contributed by atoms with Crippen LogP contribution >= 0.6 is 23.7 Å². The van der Waals surface area contributed by atoms with E-state index >= 15 is 0 Å². The second kappa shape index (κ2) is 12.0. The van der Waals surface area contributed by atoms with Crippen LogP contribution in [0.4, 0.5) is 0 Å². The first-order chi connectivity index (χ1) is 18.6. The van der Waals surface area contributed by atoms with Crippen molar-refractivity contribution in [2.45, 2.75) is 5.75 Å². The van der Waals surface area contributed by atoms with Crippen LogP contribution in [0.5, 0.6) is 17.2 Å². The fourth-order valence-electron chi connectivity index (χ4n) is 3.75. The second-order valence-corrected chi connectivity index (χ2v) is 9.74. The molecule has 2 aliphatic rings. The van der Waals surface area contributed by atoms with Crippen molar-refractivity contribution in [2.24, 2.45) is 9.39 Å². The van der Waals surface area contributed by atoms with Crippen molar-refractivity contribution in [2.75, 3.05) is 20.3 Å². The Kier molecular flexibility index (Phi) is 8.10. The van der Waals surface area contributed by atoms with Crippen LogP contribution in [0.15, 0.2) is 93.8 Å². The molecule has 0 fully saturated rings. The van der Waals surface area contributed by atoms with E-state index in [1.807, 2.05) is 78.9 Å². The lowest BCUT2D eigenvalue weighted by molar-refractivity contribution is -0.114. The van der Waals surface area contributed by atoms with Gasteiger partial charge in [0.1, 0.15) is 24.8 Å². The number of fused-ring (bicyclic) bond motifs is 1. The van der Waals surface area contributed by atoms with Crippen molar-refractivity contribution >= 4 is 51.9 Å². The maximum absolute atomic E-state index is 12.9. The normalized spacial score (nSPS) is 15.7. The molecule has 0 aliphatic carbocycles. The van der Waals surface area contributed by atoms with E-state index < -0.39 is 5.91 Å². The van der Waals surface area contributed by atoms with Gasteiger partial charge in [0.2, 0.25) is 5.17 Å². The molecule has 0 radical (unpaired) electrons. The molecular weight excluding hydrogens is 520 g/mol. The highest BCUT2D eigenvalue weighted by Gasteiger charge is 2.37. The number of methoxy groups -OCH3 is 1. The molecule has 0 spiro atoms. The Morgan fingerprint density at radius 2 is 1.58 bits per heavy atom. The minimum absolute atomic E-state index is 0.0404. The number of thioether (sulfide) groups is 1. The molecule has 3 aromatic rings. The topological polar surface area (TPSA) is 96.6 Å². The van der Waals surface area contributed by atoms with Gasteiger partial charge in [0.25, 0.3) is 5.91 Å². The summed E-state index contributed by atoms with van der Waals surface area (Å²) in [6.07, 6.45) is 1.64. The van der Waals surface area contributed by atoms with Crippen molar-refractivity contribution in [1.82, 2.24) is 4.90 Å². The van der Waals surface area contributed by atoms with E-state index in [9.17, 15) is 4.79 Å². The SMILES string of the molecule is COc1ccccc1OCCOc1ccccc1/C=C1/C(=N)N2C(SCc3ccccc3)=NSC2=NC1=O. The van der Waals surface area contributed by atoms with Crippen LogP contribution in [-0.2, 0) is 10.5 Å². The number of ether oxygens (including phenoxy) is 3. The highest BCUT2D eigenvalue weighted by Crippen LogP contribution is 2.34. The molecule has 0 saturated carbocycles. The third-order valence-corrected chi connectivity index (χ3v) is 7.42. The van der Waals surface area contributed by atoms with Crippen molar-refractivity contribution in [1.29, 1.82) is 5.41 Å². The molecular formula is C28H24N4O4S2. The molecule has 1 N–H and O–H groups in total. The van der Waals surface area contributed by atoms with Gasteiger partial charge in [-0.25, -0.2) is 4.90 Å². The number of carbonyl (C=O) groups excluding carboxylic acids is 1. The third kappa shape index (κ3) is 5.76. The number of hydrogen-bond acceptors (Lipinski definition) is 8. The molecule has 5 rings (SSSR count). The predicted molar refractivity (Wildman–Crippen MR) is 153 cm³/mol. The van der Waals surface area contributed by atoms with Crippen LogP contribution in [0.25, 0.3) is 6.08 Å². The maximum atomic E-state index is 12.9. The monoisotopic (exact) mass is 544 g/mol. The number of carbonyl (C=O) groups is 1. The molecule has 0 unspecified atom stereocenters. The number of para-hydroxylation sites is 3. The van der Waals surface area contributed by atoms with Gasteiger partial charge in [0, 0.05) is 11.3 Å². The summed E-state index contributed by atoms with van der Waals surface area (Å²) in [6, 6.07) is 24.8. The van der Waals surface area contributed by atoms with Crippen molar-refractivity contribution in [3.8, 4) is 17.2 Å². The summed E-state index contributed by atoms with van der Waals surface area (Å²) in [5.41, 5.74) is 1.98. The average molecular weight is 545 g/mol. The third-order valence-electron chi connectivity index (χ3n) is 5.59. The summed E-state index contributed by atoms with van der Waals surface area (Å²) in [4.78, 5) is 18.7. The number of nitrogens with one attached hydrogen (secondary N) is 1. The molecule has 38 heavy (non-hydrogen) atoms. The molecule has 2 aliphatic heterocycles. The minimum Gasteiger partial charge on any atom is -0.493 e. The smallest absolute Gasteiger partial charge is 0.283 e. The molecule has 1 amide bonds. The first kappa shape index (κ1) is 25.6. The maximum Gasteiger partial charge on any atom is 0.283 e. The highest BCUT2D eigenvalue weighted by atomic mass is 32.2. The quantitative estimate of drug-likeness (QED) is 0.211. The molecule has 8 nitrogen and oxygen atoms in total. The van der Waals surface area contributed by atoms with Gasteiger partial charge in [0.15, 0.2) is 16.7 Å². The Bertz CT molecular complexity index is 1440. The number of amides is 1. The van der Waals surface area contributed by atoms with Gasteiger partial charge in [-0.2, -0.15) is 9.39 Å². The highest BCUT2D eigenvalue weighted by molar-refractivity contribution is 8.18. The van der Waals surface area contributed by atoms with E-state index in [4.69, 9.17) is 19.6 Å². The van der Waals surface area contributed by atoms with E-state index in [1.54, 1.807) is 18.1 Å². The molecule has 0 bridgehead atoms. The first-order valence-electron chi connectivity index (χ1n) is 11.8. The number of benzene rings is 3. The van der Waals surface area contributed by atoms with Crippen molar-refractivity contribution in [3.63, 3.8) is 0 Å². The summed E-state index contributed by atoms with van der Waals surface area (Å²) in [5.74, 6) is 2.11. The van der Waals surface area contributed by atoms with Gasteiger partial charge in [-0.1, -0.05) is 72.4 Å². The number of hydrogen-bond donors (Lipinski definition) is 1. The fourth-order valence-corrected chi connectivity index (χ4v) is 5.55. The van der Waals surface area contributed by atoms with Crippen LogP contribution in [0.2, 0.25) is 0 Å². The van der Waals surface area contributed by atoms with Gasteiger partial charge in [-0.15, -0.1) is 0 Å². The Labute approximate surface area is 229 Å². The van der Waals surface area contributed by atoms with Gasteiger partial charge < -0.3 is 14.2 Å². The first-order valence-corrected chi connectivity index (χ1v) is 13.5.